The first-order chi connectivity index (χ1) is 14.1. The summed E-state index contributed by atoms with van der Waals surface area (Å²) in [5.74, 6) is -0.399. The van der Waals surface area contributed by atoms with E-state index in [2.05, 4.69) is 27.0 Å². The number of H-pyrrole nitrogens is 1. The molecule has 2 aromatic heterocycles. The van der Waals surface area contributed by atoms with Crippen LogP contribution in [0.2, 0.25) is 0 Å². The van der Waals surface area contributed by atoms with Crippen molar-refractivity contribution in [2.24, 2.45) is 0 Å². The van der Waals surface area contributed by atoms with Gasteiger partial charge in [-0.1, -0.05) is 12.1 Å². The van der Waals surface area contributed by atoms with Crippen molar-refractivity contribution in [1.29, 1.82) is 5.26 Å². The number of aromatic nitrogens is 2. The standard InChI is InChI=1S/C23H21FN4O/c24-19-5-4-18-12-20(27-23(29)21(18)13-19)2-1-9-28-10-7-17(8-11-28)22-6-3-16(14-25)15-26-22/h3-7,12-13,15H,1-2,8-11H2,(H,27,29). The summed E-state index contributed by atoms with van der Waals surface area (Å²) < 4.78 is 13.3. The highest BCUT2D eigenvalue weighted by molar-refractivity contribution is 5.81. The van der Waals surface area contributed by atoms with E-state index < -0.39 is 5.82 Å². The molecule has 0 unspecified atom stereocenters. The third-order valence-corrected chi connectivity index (χ3v) is 5.30. The van der Waals surface area contributed by atoms with Gasteiger partial charge in [-0.15, -0.1) is 0 Å². The fourth-order valence-electron chi connectivity index (χ4n) is 3.71. The van der Waals surface area contributed by atoms with E-state index in [-0.39, 0.29) is 5.56 Å². The van der Waals surface area contributed by atoms with Crippen molar-refractivity contribution >= 4 is 16.3 Å². The Kier molecular flexibility index (Phi) is 5.50. The van der Waals surface area contributed by atoms with Crippen LogP contribution in [0.3, 0.4) is 0 Å². The maximum absolute atomic E-state index is 13.3. The van der Waals surface area contributed by atoms with E-state index in [9.17, 15) is 9.18 Å². The predicted molar refractivity (Wildman–Crippen MR) is 111 cm³/mol. The highest BCUT2D eigenvalue weighted by Gasteiger charge is 2.14. The molecule has 0 atom stereocenters. The molecule has 0 fully saturated rings. The van der Waals surface area contributed by atoms with Gasteiger partial charge in [0, 0.05) is 30.4 Å². The molecule has 0 bridgehead atoms. The number of nitrogens with zero attached hydrogens (tertiary/aromatic N) is 3. The van der Waals surface area contributed by atoms with Gasteiger partial charge >= 0.3 is 0 Å². The number of benzene rings is 1. The van der Waals surface area contributed by atoms with Crippen molar-refractivity contribution in [3.8, 4) is 6.07 Å². The quantitative estimate of drug-likeness (QED) is 0.724. The van der Waals surface area contributed by atoms with Gasteiger partial charge in [0.1, 0.15) is 11.9 Å². The van der Waals surface area contributed by atoms with Gasteiger partial charge in [-0.3, -0.25) is 14.7 Å². The van der Waals surface area contributed by atoms with Crippen molar-refractivity contribution in [1.82, 2.24) is 14.9 Å². The minimum atomic E-state index is -0.399. The number of hydrogen-bond acceptors (Lipinski definition) is 4. The van der Waals surface area contributed by atoms with Crippen LogP contribution >= 0.6 is 0 Å². The van der Waals surface area contributed by atoms with Crippen LogP contribution in [-0.4, -0.2) is 34.5 Å². The number of hydrogen-bond donors (Lipinski definition) is 1. The zero-order chi connectivity index (χ0) is 20.2. The van der Waals surface area contributed by atoms with E-state index in [1.54, 1.807) is 18.3 Å². The van der Waals surface area contributed by atoms with Crippen LogP contribution in [-0.2, 0) is 6.42 Å². The number of fused-ring (bicyclic) bond motifs is 1. The number of nitrogens with one attached hydrogen (secondary N) is 1. The predicted octanol–water partition coefficient (Wildman–Crippen LogP) is 3.66. The Morgan fingerprint density at radius 3 is 2.86 bits per heavy atom. The SMILES string of the molecule is N#Cc1ccc(C2=CCN(CCCc3cc4ccc(F)cc4c(=O)[nH]3)CC2)nc1. The summed E-state index contributed by atoms with van der Waals surface area (Å²) in [6.07, 6.45) is 6.44. The van der Waals surface area contributed by atoms with E-state index in [0.29, 0.717) is 10.9 Å². The number of rotatable bonds is 5. The van der Waals surface area contributed by atoms with Crippen LogP contribution in [0.4, 0.5) is 4.39 Å². The lowest BCUT2D eigenvalue weighted by Crippen LogP contribution is -2.30. The summed E-state index contributed by atoms with van der Waals surface area (Å²) in [5, 5.41) is 10.0. The second kappa shape index (κ2) is 8.38. The van der Waals surface area contributed by atoms with Gasteiger partial charge < -0.3 is 4.98 Å². The molecular formula is C23H21FN4O. The van der Waals surface area contributed by atoms with Crippen LogP contribution in [0.5, 0.6) is 0 Å². The highest BCUT2D eigenvalue weighted by atomic mass is 19.1. The number of pyridine rings is 2. The summed E-state index contributed by atoms with van der Waals surface area (Å²) in [4.78, 5) is 21.8. The number of aromatic amines is 1. The summed E-state index contributed by atoms with van der Waals surface area (Å²) in [5.41, 5.74) is 3.37. The highest BCUT2D eigenvalue weighted by Crippen LogP contribution is 2.21. The molecule has 1 aromatic carbocycles. The van der Waals surface area contributed by atoms with Gasteiger partial charge in [-0.25, -0.2) is 4.39 Å². The fraction of sp³-hybridized carbons (Fsp3) is 0.261. The van der Waals surface area contributed by atoms with E-state index in [1.807, 2.05) is 12.1 Å². The van der Waals surface area contributed by atoms with Crippen LogP contribution in [0.1, 0.15) is 29.8 Å². The molecule has 0 aliphatic carbocycles. The first kappa shape index (κ1) is 19.0. The molecule has 4 rings (SSSR count). The third-order valence-electron chi connectivity index (χ3n) is 5.30. The lowest BCUT2D eigenvalue weighted by Gasteiger charge is -2.26. The molecule has 0 saturated heterocycles. The molecule has 1 aliphatic rings. The molecule has 3 heterocycles. The topological polar surface area (TPSA) is 72.8 Å². The average molecular weight is 388 g/mol. The Morgan fingerprint density at radius 2 is 2.14 bits per heavy atom. The Bertz CT molecular complexity index is 1160. The monoisotopic (exact) mass is 388 g/mol. The smallest absolute Gasteiger partial charge is 0.256 e. The number of aryl methyl sites for hydroxylation is 1. The van der Waals surface area contributed by atoms with Crippen molar-refractivity contribution in [2.45, 2.75) is 19.3 Å². The first-order valence-electron chi connectivity index (χ1n) is 9.72. The third kappa shape index (κ3) is 4.41. The normalized spacial score (nSPS) is 14.6. The lowest BCUT2D eigenvalue weighted by atomic mass is 10.0. The van der Waals surface area contributed by atoms with E-state index >= 15 is 0 Å². The molecule has 0 spiro atoms. The van der Waals surface area contributed by atoms with Gasteiger partial charge in [0.05, 0.1) is 11.3 Å². The van der Waals surface area contributed by atoms with Gasteiger partial charge in [-0.05, 0) is 67.1 Å². The maximum atomic E-state index is 13.3. The van der Waals surface area contributed by atoms with E-state index in [1.165, 1.54) is 17.7 Å². The Morgan fingerprint density at radius 1 is 1.24 bits per heavy atom. The molecule has 3 aromatic rings. The second-order valence-electron chi connectivity index (χ2n) is 7.28. The summed E-state index contributed by atoms with van der Waals surface area (Å²) in [6.45, 7) is 2.76. The minimum Gasteiger partial charge on any atom is -0.326 e. The van der Waals surface area contributed by atoms with Crippen LogP contribution in [0.15, 0.2) is 53.5 Å². The van der Waals surface area contributed by atoms with Gasteiger partial charge in [0.15, 0.2) is 0 Å². The summed E-state index contributed by atoms with van der Waals surface area (Å²) >= 11 is 0. The molecule has 0 amide bonds. The summed E-state index contributed by atoms with van der Waals surface area (Å²) in [7, 11) is 0. The minimum absolute atomic E-state index is 0.238. The Balaban J connectivity index is 1.33. The van der Waals surface area contributed by atoms with Crippen molar-refractivity contribution in [3.05, 3.63) is 81.8 Å². The number of halogens is 1. The lowest BCUT2D eigenvalue weighted by molar-refractivity contribution is 0.297. The van der Waals surface area contributed by atoms with Gasteiger partial charge in [0.25, 0.3) is 5.56 Å². The molecular weight excluding hydrogens is 367 g/mol. The molecule has 0 radical (unpaired) electrons. The fourth-order valence-corrected chi connectivity index (χ4v) is 3.71. The second-order valence-corrected chi connectivity index (χ2v) is 7.28. The molecule has 1 N–H and O–H groups in total. The average Bonchev–Trinajstić information content (AvgIpc) is 2.75. The van der Waals surface area contributed by atoms with Crippen molar-refractivity contribution in [2.75, 3.05) is 19.6 Å². The molecule has 0 saturated carbocycles. The van der Waals surface area contributed by atoms with Crippen LogP contribution < -0.4 is 5.56 Å². The zero-order valence-corrected chi connectivity index (χ0v) is 16.0. The van der Waals surface area contributed by atoms with Gasteiger partial charge in [-0.2, -0.15) is 5.26 Å². The molecule has 6 heteroatoms. The molecule has 5 nitrogen and oxygen atoms in total. The maximum Gasteiger partial charge on any atom is 0.256 e. The molecule has 146 valence electrons. The number of nitriles is 1. The van der Waals surface area contributed by atoms with Crippen molar-refractivity contribution < 1.29 is 4.39 Å². The molecule has 1 aliphatic heterocycles. The summed E-state index contributed by atoms with van der Waals surface area (Å²) in [6, 6.07) is 12.0. The Hall–Kier alpha value is -3.30. The molecule has 29 heavy (non-hydrogen) atoms. The largest absolute Gasteiger partial charge is 0.326 e. The Labute approximate surface area is 168 Å². The van der Waals surface area contributed by atoms with Crippen molar-refractivity contribution in [3.63, 3.8) is 0 Å². The van der Waals surface area contributed by atoms with Crippen LogP contribution in [0.25, 0.3) is 16.3 Å². The zero-order valence-electron chi connectivity index (χ0n) is 16.0. The van der Waals surface area contributed by atoms with E-state index in [4.69, 9.17) is 5.26 Å². The van der Waals surface area contributed by atoms with E-state index in [0.717, 1.165) is 55.7 Å². The first-order valence-corrected chi connectivity index (χ1v) is 9.72. The van der Waals surface area contributed by atoms with Crippen LogP contribution in [0, 0.1) is 17.1 Å². The van der Waals surface area contributed by atoms with Gasteiger partial charge in [0.2, 0.25) is 0 Å².